The molecule has 0 fully saturated rings. The zero-order chi connectivity index (χ0) is 17.4. The van der Waals surface area contributed by atoms with E-state index in [1.165, 1.54) is 18.4 Å². The average molecular weight is 385 g/mol. The maximum absolute atomic E-state index is 12.0. The molecular formula is C16H21ClN4O3S. The molecule has 9 heteroatoms. The van der Waals surface area contributed by atoms with Gasteiger partial charge in [-0.3, -0.25) is 9.59 Å². The Morgan fingerprint density at radius 3 is 2.68 bits per heavy atom. The predicted molar refractivity (Wildman–Crippen MR) is 99.9 cm³/mol. The highest BCUT2D eigenvalue weighted by Gasteiger charge is 2.10. The Balaban J connectivity index is 0.00000312. The summed E-state index contributed by atoms with van der Waals surface area (Å²) in [5.41, 5.74) is 7.50. The summed E-state index contributed by atoms with van der Waals surface area (Å²) in [4.78, 5) is 23.0. The Labute approximate surface area is 156 Å². The Bertz CT molecular complexity index is 708. The van der Waals surface area contributed by atoms with E-state index in [-0.39, 0.29) is 24.3 Å². The van der Waals surface area contributed by atoms with Gasteiger partial charge in [-0.15, -0.1) is 22.6 Å². The number of para-hydroxylation sites is 1. The van der Waals surface area contributed by atoms with Crippen LogP contribution >= 0.6 is 23.7 Å². The summed E-state index contributed by atoms with van der Waals surface area (Å²) in [6, 6.07) is 7.49. The highest BCUT2D eigenvalue weighted by Crippen LogP contribution is 2.18. The molecule has 0 radical (unpaired) electrons. The number of halogens is 1. The maximum atomic E-state index is 12.0. The van der Waals surface area contributed by atoms with Crippen LogP contribution in [0.4, 0.5) is 10.8 Å². The molecule has 0 saturated heterocycles. The number of rotatable bonds is 8. The van der Waals surface area contributed by atoms with Crippen LogP contribution in [-0.2, 0) is 27.2 Å². The molecule has 0 aliphatic heterocycles. The minimum Gasteiger partial charge on any atom is -0.469 e. The zero-order valence-electron chi connectivity index (χ0n) is 13.9. The lowest BCUT2D eigenvalue weighted by Gasteiger charge is -2.04. The number of esters is 1. The summed E-state index contributed by atoms with van der Waals surface area (Å²) in [7, 11) is 1.37. The van der Waals surface area contributed by atoms with Crippen molar-refractivity contribution in [1.29, 1.82) is 0 Å². The standard InChI is InChI=1S/C16H20N4O3S.ClH/c1-23-15(22)8-4-7-14-19-20-16(24-14)18-13(21)10-9-11-5-2-3-6-12(11)17;/h2-3,5-6H,4,7-10,17H2,1H3,(H,18,20,21);1H. The van der Waals surface area contributed by atoms with E-state index in [4.69, 9.17) is 5.73 Å². The molecule has 1 aromatic heterocycles. The van der Waals surface area contributed by atoms with Crippen LogP contribution in [0.1, 0.15) is 29.8 Å². The van der Waals surface area contributed by atoms with E-state index in [2.05, 4.69) is 20.3 Å². The van der Waals surface area contributed by atoms with Gasteiger partial charge in [-0.2, -0.15) is 0 Å². The molecule has 0 unspecified atom stereocenters. The SMILES string of the molecule is COC(=O)CCCc1nnc(NC(=O)CCc2ccccc2N)s1.Cl. The molecule has 136 valence electrons. The van der Waals surface area contributed by atoms with Gasteiger partial charge in [-0.05, 0) is 24.5 Å². The number of nitrogen functional groups attached to an aromatic ring is 1. The van der Waals surface area contributed by atoms with Crippen molar-refractivity contribution in [3.05, 3.63) is 34.8 Å². The first-order valence-electron chi connectivity index (χ1n) is 7.61. The van der Waals surface area contributed by atoms with E-state index >= 15 is 0 Å². The van der Waals surface area contributed by atoms with Crippen LogP contribution < -0.4 is 11.1 Å². The van der Waals surface area contributed by atoms with Gasteiger partial charge in [0.15, 0.2) is 0 Å². The number of aryl methyl sites for hydroxylation is 2. The summed E-state index contributed by atoms with van der Waals surface area (Å²) in [6.07, 6.45) is 2.51. The molecule has 2 aromatic rings. The monoisotopic (exact) mass is 384 g/mol. The highest BCUT2D eigenvalue weighted by molar-refractivity contribution is 7.15. The Hall–Kier alpha value is -2.19. The quantitative estimate of drug-likeness (QED) is 0.535. The van der Waals surface area contributed by atoms with Crippen molar-refractivity contribution in [1.82, 2.24) is 10.2 Å². The van der Waals surface area contributed by atoms with Gasteiger partial charge >= 0.3 is 5.97 Å². The fourth-order valence-corrected chi connectivity index (χ4v) is 2.88. The normalized spacial score (nSPS) is 9.96. The third-order valence-corrected chi connectivity index (χ3v) is 4.29. The molecule has 0 aliphatic carbocycles. The van der Waals surface area contributed by atoms with Crippen molar-refractivity contribution in [2.75, 3.05) is 18.2 Å². The van der Waals surface area contributed by atoms with E-state index in [9.17, 15) is 9.59 Å². The average Bonchev–Trinajstić information content (AvgIpc) is 3.01. The van der Waals surface area contributed by atoms with Crippen LogP contribution in [0, 0.1) is 0 Å². The molecule has 1 heterocycles. The van der Waals surface area contributed by atoms with E-state index in [0.717, 1.165) is 10.6 Å². The van der Waals surface area contributed by atoms with E-state index in [0.29, 0.717) is 42.9 Å². The number of carbonyl (C=O) groups excluding carboxylic acids is 2. The van der Waals surface area contributed by atoms with Gasteiger partial charge in [-0.25, -0.2) is 0 Å². The molecule has 3 N–H and O–H groups in total. The van der Waals surface area contributed by atoms with Crippen LogP contribution in [0.15, 0.2) is 24.3 Å². The number of nitrogens with one attached hydrogen (secondary N) is 1. The van der Waals surface area contributed by atoms with Crippen molar-refractivity contribution in [2.45, 2.75) is 32.1 Å². The number of carbonyl (C=O) groups is 2. The Morgan fingerprint density at radius 1 is 1.20 bits per heavy atom. The summed E-state index contributed by atoms with van der Waals surface area (Å²) in [5, 5.41) is 11.9. The number of hydrogen-bond donors (Lipinski definition) is 2. The second kappa shape index (κ2) is 10.6. The molecule has 7 nitrogen and oxygen atoms in total. The predicted octanol–water partition coefficient (Wildman–Crippen LogP) is 2.61. The van der Waals surface area contributed by atoms with Gasteiger partial charge in [0.1, 0.15) is 5.01 Å². The molecule has 25 heavy (non-hydrogen) atoms. The van der Waals surface area contributed by atoms with Crippen LogP contribution in [0.5, 0.6) is 0 Å². The van der Waals surface area contributed by atoms with Crippen LogP contribution in [0.2, 0.25) is 0 Å². The summed E-state index contributed by atoms with van der Waals surface area (Å²) in [6.45, 7) is 0. The number of methoxy groups -OCH3 is 1. The van der Waals surface area contributed by atoms with Crippen molar-refractivity contribution in [3.63, 3.8) is 0 Å². The highest BCUT2D eigenvalue weighted by atomic mass is 35.5. The van der Waals surface area contributed by atoms with Crippen LogP contribution in [0.25, 0.3) is 0 Å². The molecule has 2 rings (SSSR count). The second-order valence-electron chi connectivity index (χ2n) is 5.18. The largest absolute Gasteiger partial charge is 0.469 e. The number of anilines is 2. The Kier molecular flexibility index (Phi) is 8.87. The second-order valence-corrected chi connectivity index (χ2v) is 6.24. The number of hydrogen-bond acceptors (Lipinski definition) is 7. The third kappa shape index (κ3) is 7.06. The number of ether oxygens (including phenoxy) is 1. The summed E-state index contributed by atoms with van der Waals surface area (Å²) >= 11 is 1.31. The van der Waals surface area contributed by atoms with Crippen molar-refractivity contribution in [2.24, 2.45) is 0 Å². The maximum Gasteiger partial charge on any atom is 0.305 e. The first kappa shape index (κ1) is 20.9. The first-order valence-corrected chi connectivity index (χ1v) is 8.42. The fourth-order valence-electron chi connectivity index (χ4n) is 2.08. The van der Waals surface area contributed by atoms with Gasteiger partial charge in [-0.1, -0.05) is 29.5 Å². The minimum atomic E-state index is -0.242. The number of amides is 1. The van der Waals surface area contributed by atoms with E-state index in [1.54, 1.807) is 0 Å². The molecule has 0 atom stereocenters. The first-order chi connectivity index (χ1) is 11.6. The lowest BCUT2D eigenvalue weighted by molar-refractivity contribution is -0.140. The Morgan fingerprint density at radius 2 is 1.96 bits per heavy atom. The van der Waals surface area contributed by atoms with E-state index in [1.807, 2.05) is 24.3 Å². The lowest BCUT2D eigenvalue weighted by atomic mass is 10.1. The van der Waals surface area contributed by atoms with Gasteiger partial charge in [0.25, 0.3) is 0 Å². The zero-order valence-corrected chi connectivity index (χ0v) is 15.5. The van der Waals surface area contributed by atoms with Crippen molar-refractivity contribution < 1.29 is 14.3 Å². The smallest absolute Gasteiger partial charge is 0.305 e. The molecular weight excluding hydrogens is 364 g/mol. The van der Waals surface area contributed by atoms with Gasteiger partial charge in [0.05, 0.1) is 7.11 Å². The fraction of sp³-hybridized carbons (Fsp3) is 0.375. The number of aromatic nitrogens is 2. The van der Waals surface area contributed by atoms with Crippen LogP contribution in [-0.4, -0.2) is 29.2 Å². The molecule has 1 aromatic carbocycles. The van der Waals surface area contributed by atoms with Gasteiger partial charge in [0, 0.05) is 24.9 Å². The number of nitrogens with zero attached hydrogens (tertiary/aromatic N) is 2. The number of nitrogens with two attached hydrogens (primary N) is 1. The lowest BCUT2D eigenvalue weighted by Crippen LogP contribution is -2.12. The van der Waals surface area contributed by atoms with Gasteiger partial charge in [0.2, 0.25) is 11.0 Å². The van der Waals surface area contributed by atoms with E-state index < -0.39 is 0 Å². The van der Waals surface area contributed by atoms with Crippen molar-refractivity contribution >= 4 is 46.4 Å². The molecule has 0 aliphatic rings. The van der Waals surface area contributed by atoms with Crippen molar-refractivity contribution in [3.8, 4) is 0 Å². The van der Waals surface area contributed by atoms with Crippen LogP contribution in [0.3, 0.4) is 0 Å². The summed E-state index contributed by atoms with van der Waals surface area (Å²) < 4.78 is 4.58. The van der Waals surface area contributed by atoms with Gasteiger partial charge < -0.3 is 15.8 Å². The molecule has 0 saturated carbocycles. The topological polar surface area (TPSA) is 107 Å². The third-order valence-electron chi connectivity index (χ3n) is 3.39. The molecule has 0 spiro atoms. The number of benzene rings is 1. The molecule has 1 amide bonds. The summed E-state index contributed by atoms with van der Waals surface area (Å²) in [5.74, 6) is -0.372. The minimum absolute atomic E-state index is 0. The molecule has 0 bridgehead atoms.